The third kappa shape index (κ3) is 2.70. The Hall–Kier alpha value is -2.49. The second kappa shape index (κ2) is 5.48. The predicted molar refractivity (Wildman–Crippen MR) is 81.9 cm³/mol. The van der Waals surface area contributed by atoms with Crippen molar-refractivity contribution in [1.82, 2.24) is 4.57 Å². The number of aryl methyl sites for hydroxylation is 1. The van der Waals surface area contributed by atoms with Crippen LogP contribution in [0.1, 0.15) is 18.1 Å². The van der Waals surface area contributed by atoms with E-state index in [2.05, 4.69) is 0 Å². The van der Waals surface area contributed by atoms with Crippen molar-refractivity contribution >= 4 is 11.1 Å². The third-order valence-corrected chi connectivity index (χ3v) is 3.37. The van der Waals surface area contributed by atoms with E-state index in [0.717, 1.165) is 22.4 Å². The van der Waals surface area contributed by atoms with Crippen LogP contribution in [-0.4, -0.2) is 11.2 Å². The van der Waals surface area contributed by atoms with Crippen molar-refractivity contribution in [3.63, 3.8) is 0 Å². The predicted octanol–water partition coefficient (Wildman–Crippen LogP) is 3.35. The van der Waals surface area contributed by atoms with Crippen molar-refractivity contribution in [3.8, 4) is 5.75 Å². The largest absolute Gasteiger partial charge is 0.494 e. The first-order chi connectivity index (χ1) is 10.2. The molecule has 4 heteroatoms. The number of aromatic nitrogens is 1. The van der Waals surface area contributed by atoms with E-state index in [1.807, 2.05) is 56.3 Å². The molecule has 0 N–H and O–H groups in total. The average molecular weight is 283 g/mol. The molecule has 0 aliphatic rings. The van der Waals surface area contributed by atoms with Crippen molar-refractivity contribution < 1.29 is 9.15 Å². The van der Waals surface area contributed by atoms with E-state index < -0.39 is 0 Å². The van der Waals surface area contributed by atoms with Crippen LogP contribution in [0, 0.1) is 6.92 Å². The van der Waals surface area contributed by atoms with E-state index in [4.69, 9.17) is 9.15 Å². The number of hydrogen-bond donors (Lipinski definition) is 0. The van der Waals surface area contributed by atoms with Crippen molar-refractivity contribution in [1.29, 1.82) is 0 Å². The lowest BCUT2D eigenvalue weighted by Gasteiger charge is -2.07. The summed E-state index contributed by atoms with van der Waals surface area (Å²) in [4.78, 5) is 12.0. The molecule has 108 valence electrons. The van der Waals surface area contributed by atoms with Gasteiger partial charge >= 0.3 is 5.76 Å². The molecule has 1 heterocycles. The second-order valence-electron chi connectivity index (χ2n) is 5.01. The highest BCUT2D eigenvalue weighted by Crippen LogP contribution is 2.18. The maximum atomic E-state index is 12.0. The van der Waals surface area contributed by atoms with Gasteiger partial charge < -0.3 is 9.15 Å². The Bertz CT molecular complexity index is 829. The van der Waals surface area contributed by atoms with Crippen LogP contribution in [0.25, 0.3) is 11.1 Å². The van der Waals surface area contributed by atoms with Crippen molar-refractivity contribution in [2.24, 2.45) is 0 Å². The molecule has 0 unspecified atom stereocenters. The molecule has 21 heavy (non-hydrogen) atoms. The zero-order chi connectivity index (χ0) is 14.8. The Labute approximate surface area is 122 Å². The van der Waals surface area contributed by atoms with Crippen LogP contribution < -0.4 is 10.5 Å². The summed E-state index contributed by atoms with van der Waals surface area (Å²) in [5, 5.41) is 0. The van der Waals surface area contributed by atoms with Crippen LogP contribution in [0.3, 0.4) is 0 Å². The molecule has 0 radical (unpaired) electrons. The lowest BCUT2D eigenvalue weighted by Crippen LogP contribution is -2.14. The van der Waals surface area contributed by atoms with Crippen molar-refractivity contribution in [3.05, 3.63) is 64.1 Å². The maximum Gasteiger partial charge on any atom is 0.420 e. The summed E-state index contributed by atoms with van der Waals surface area (Å²) in [7, 11) is 0. The smallest absolute Gasteiger partial charge is 0.420 e. The van der Waals surface area contributed by atoms with Crippen LogP contribution in [0.5, 0.6) is 5.75 Å². The number of nitrogens with zero attached hydrogens (tertiary/aromatic N) is 1. The first kappa shape index (κ1) is 13.5. The Kier molecular flexibility index (Phi) is 3.52. The molecule has 0 aliphatic carbocycles. The van der Waals surface area contributed by atoms with Gasteiger partial charge in [-0.3, -0.25) is 4.57 Å². The van der Waals surface area contributed by atoms with Crippen LogP contribution in [0.2, 0.25) is 0 Å². The summed E-state index contributed by atoms with van der Waals surface area (Å²) in [5.74, 6) is 0.476. The fourth-order valence-electron chi connectivity index (χ4n) is 2.40. The minimum absolute atomic E-state index is 0.336. The molecule has 0 fully saturated rings. The summed E-state index contributed by atoms with van der Waals surface area (Å²) < 4.78 is 12.4. The lowest BCUT2D eigenvalue weighted by molar-refractivity contribution is 0.340. The molecule has 4 nitrogen and oxygen atoms in total. The number of rotatable bonds is 4. The molecule has 0 bridgehead atoms. The van der Waals surface area contributed by atoms with E-state index in [9.17, 15) is 4.79 Å². The topological polar surface area (TPSA) is 44.4 Å². The van der Waals surface area contributed by atoms with Gasteiger partial charge in [0.15, 0.2) is 5.58 Å². The Balaban J connectivity index is 2.01. The standard InChI is InChI=1S/C17H17NO3/c1-3-20-14-6-4-5-13(10-14)11-18-15-9-12(2)7-8-16(15)21-17(18)19/h4-10H,3,11H2,1-2H3. The first-order valence-electron chi connectivity index (χ1n) is 6.99. The van der Waals surface area contributed by atoms with Crippen LogP contribution >= 0.6 is 0 Å². The van der Waals surface area contributed by atoms with E-state index in [-0.39, 0.29) is 5.76 Å². The van der Waals surface area contributed by atoms with E-state index in [0.29, 0.717) is 18.7 Å². The second-order valence-corrected chi connectivity index (χ2v) is 5.01. The van der Waals surface area contributed by atoms with Gasteiger partial charge in [0, 0.05) is 0 Å². The van der Waals surface area contributed by atoms with Gasteiger partial charge in [-0.05, 0) is 49.2 Å². The van der Waals surface area contributed by atoms with Crippen molar-refractivity contribution in [2.75, 3.05) is 6.61 Å². The molecule has 0 atom stereocenters. The number of ether oxygens (including phenoxy) is 1. The monoisotopic (exact) mass is 283 g/mol. The first-order valence-corrected chi connectivity index (χ1v) is 6.99. The number of oxazole rings is 1. The Morgan fingerprint density at radius 3 is 2.86 bits per heavy atom. The van der Waals surface area contributed by atoms with Gasteiger partial charge in [-0.1, -0.05) is 18.2 Å². The van der Waals surface area contributed by atoms with Gasteiger partial charge in [0.05, 0.1) is 18.7 Å². The Morgan fingerprint density at radius 1 is 1.19 bits per heavy atom. The van der Waals surface area contributed by atoms with Gasteiger partial charge in [-0.25, -0.2) is 4.79 Å². The van der Waals surface area contributed by atoms with Gasteiger partial charge in [-0.2, -0.15) is 0 Å². The van der Waals surface area contributed by atoms with E-state index in [1.54, 1.807) is 4.57 Å². The fourth-order valence-corrected chi connectivity index (χ4v) is 2.40. The van der Waals surface area contributed by atoms with Crippen LogP contribution in [0.15, 0.2) is 51.7 Å². The van der Waals surface area contributed by atoms with Crippen molar-refractivity contribution in [2.45, 2.75) is 20.4 Å². The summed E-state index contributed by atoms with van der Waals surface area (Å²) >= 11 is 0. The van der Waals surface area contributed by atoms with E-state index >= 15 is 0 Å². The number of hydrogen-bond acceptors (Lipinski definition) is 3. The van der Waals surface area contributed by atoms with E-state index in [1.165, 1.54) is 0 Å². The minimum atomic E-state index is -0.336. The summed E-state index contributed by atoms with van der Waals surface area (Å²) in [6, 6.07) is 13.5. The molecule has 0 amide bonds. The molecule has 0 aliphatic heterocycles. The molecule has 1 aromatic heterocycles. The fraction of sp³-hybridized carbons (Fsp3) is 0.235. The van der Waals surface area contributed by atoms with Gasteiger partial charge in [-0.15, -0.1) is 0 Å². The molecular weight excluding hydrogens is 266 g/mol. The molecular formula is C17H17NO3. The average Bonchev–Trinajstić information content (AvgIpc) is 2.76. The number of benzene rings is 2. The molecule has 0 saturated heterocycles. The number of fused-ring (bicyclic) bond motifs is 1. The highest BCUT2D eigenvalue weighted by molar-refractivity contribution is 5.73. The highest BCUT2D eigenvalue weighted by atomic mass is 16.5. The zero-order valence-electron chi connectivity index (χ0n) is 12.1. The SMILES string of the molecule is CCOc1cccc(Cn2c(=O)oc3ccc(C)cc32)c1. The van der Waals surface area contributed by atoms with Gasteiger partial charge in [0.2, 0.25) is 0 Å². The minimum Gasteiger partial charge on any atom is -0.494 e. The normalized spacial score (nSPS) is 11.0. The zero-order valence-corrected chi connectivity index (χ0v) is 12.1. The quantitative estimate of drug-likeness (QED) is 0.737. The lowest BCUT2D eigenvalue weighted by atomic mass is 10.2. The summed E-state index contributed by atoms with van der Waals surface area (Å²) in [6.07, 6.45) is 0. The van der Waals surface area contributed by atoms with Gasteiger partial charge in [0.25, 0.3) is 0 Å². The molecule has 3 rings (SSSR count). The highest BCUT2D eigenvalue weighted by Gasteiger charge is 2.10. The summed E-state index contributed by atoms with van der Waals surface area (Å²) in [5.41, 5.74) is 3.54. The Morgan fingerprint density at radius 2 is 2.05 bits per heavy atom. The van der Waals surface area contributed by atoms with Crippen LogP contribution in [-0.2, 0) is 6.54 Å². The maximum absolute atomic E-state index is 12.0. The molecule has 2 aromatic carbocycles. The molecule has 3 aromatic rings. The summed E-state index contributed by atoms with van der Waals surface area (Å²) in [6.45, 7) is 5.04. The molecule has 0 spiro atoms. The third-order valence-electron chi connectivity index (χ3n) is 3.37. The van der Waals surface area contributed by atoms with Gasteiger partial charge in [0.1, 0.15) is 5.75 Å². The van der Waals surface area contributed by atoms with Crippen LogP contribution in [0.4, 0.5) is 0 Å². The molecule has 0 saturated carbocycles.